The molecular weight excluding hydrogens is 404 g/mol. The van der Waals surface area contributed by atoms with Gasteiger partial charge in [-0.3, -0.25) is 14.6 Å². The predicted molar refractivity (Wildman–Crippen MR) is 122 cm³/mol. The van der Waals surface area contributed by atoms with Gasteiger partial charge in [-0.25, -0.2) is 4.98 Å². The van der Waals surface area contributed by atoms with Crippen molar-refractivity contribution in [1.29, 1.82) is 0 Å². The Kier molecular flexibility index (Phi) is 5.13. The SMILES string of the molecule is CCc1c(Cc2nc(-c3ccc(C(=O)NC4CC4)c(OC)c3)nn2C)ccc2[nH]ncc12. The Bertz CT molecular complexity index is 1300. The maximum Gasteiger partial charge on any atom is 0.255 e. The molecule has 1 aliphatic rings. The molecular formula is C24H26N6O2. The summed E-state index contributed by atoms with van der Waals surface area (Å²) < 4.78 is 7.31. The van der Waals surface area contributed by atoms with E-state index in [2.05, 4.69) is 39.7 Å². The second-order valence-electron chi connectivity index (χ2n) is 8.20. The number of benzene rings is 2. The molecule has 4 aromatic rings. The second-order valence-corrected chi connectivity index (χ2v) is 8.20. The lowest BCUT2D eigenvalue weighted by atomic mass is 9.98. The average molecular weight is 431 g/mol. The number of methoxy groups -OCH3 is 1. The summed E-state index contributed by atoms with van der Waals surface area (Å²) in [4.78, 5) is 17.3. The van der Waals surface area contributed by atoms with Crippen LogP contribution in [0, 0.1) is 0 Å². The first kappa shape index (κ1) is 20.2. The fourth-order valence-electron chi connectivity index (χ4n) is 4.08. The van der Waals surface area contributed by atoms with Crippen molar-refractivity contribution >= 4 is 16.8 Å². The Balaban J connectivity index is 1.44. The number of nitrogens with one attached hydrogen (secondary N) is 2. The number of rotatable bonds is 7. The lowest BCUT2D eigenvalue weighted by Gasteiger charge is -2.10. The van der Waals surface area contributed by atoms with Crippen molar-refractivity contribution in [2.45, 2.75) is 38.6 Å². The van der Waals surface area contributed by atoms with Crippen LogP contribution < -0.4 is 10.1 Å². The minimum atomic E-state index is -0.104. The average Bonchev–Trinajstić information content (AvgIpc) is 3.35. The van der Waals surface area contributed by atoms with E-state index in [-0.39, 0.29) is 5.91 Å². The van der Waals surface area contributed by atoms with Gasteiger partial charge in [0.05, 0.1) is 24.4 Å². The fraction of sp³-hybridized carbons (Fsp3) is 0.333. The van der Waals surface area contributed by atoms with E-state index in [1.54, 1.807) is 13.2 Å². The van der Waals surface area contributed by atoms with Gasteiger partial charge in [0.25, 0.3) is 5.91 Å². The second kappa shape index (κ2) is 8.11. The number of carbonyl (C=O) groups excluding carboxylic acids is 1. The lowest BCUT2D eigenvalue weighted by Crippen LogP contribution is -2.25. The molecule has 2 aromatic carbocycles. The number of aromatic amines is 1. The third-order valence-corrected chi connectivity index (χ3v) is 6.01. The largest absolute Gasteiger partial charge is 0.496 e. The van der Waals surface area contributed by atoms with Crippen molar-refractivity contribution in [3.8, 4) is 17.1 Å². The van der Waals surface area contributed by atoms with Crippen LogP contribution in [0.2, 0.25) is 0 Å². The highest BCUT2D eigenvalue weighted by Crippen LogP contribution is 2.28. The van der Waals surface area contributed by atoms with Crippen molar-refractivity contribution in [2.24, 2.45) is 7.05 Å². The van der Waals surface area contributed by atoms with E-state index in [0.717, 1.165) is 41.6 Å². The molecule has 32 heavy (non-hydrogen) atoms. The topological polar surface area (TPSA) is 97.7 Å². The van der Waals surface area contributed by atoms with Gasteiger partial charge in [-0.1, -0.05) is 19.1 Å². The molecule has 0 atom stereocenters. The molecule has 0 radical (unpaired) electrons. The summed E-state index contributed by atoms with van der Waals surface area (Å²) in [6.07, 6.45) is 5.55. The van der Waals surface area contributed by atoms with Gasteiger partial charge in [-0.2, -0.15) is 10.2 Å². The molecule has 164 valence electrons. The van der Waals surface area contributed by atoms with Gasteiger partial charge < -0.3 is 10.1 Å². The van der Waals surface area contributed by atoms with Gasteiger partial charge >= 0.3 is 0 Å². The maximum atomic E-state index is 12.5. The molecule has 0 spiro atoms. The molecule has 2 heterocycles. The minimum Gasteiger partial charge on any atom is -0.496 e. The summed E-state index contributed by atoms with van der Waals surface area (Å²) in [7, 11) is 3.48. The van der Waals surface area contributed by atoms with E-state index in [4.69, 9.17) is 9.72 Å². The molecule has 0 aliphatic heterocycles. The molecule has 0 bridgehead atoms. The van der Waals surface area contributed by atoms with Crippen LogP contribution in [-0.4, -0.2) is 44.0 Å². The highest BCUT2D eigenvalue weighted by atomic mass is 16.5. The first-order chi connectivity index (χ1) is 15.6. The predicted octanol–water partition coefficient (Wildman–Crippen LogP) is 3.41. The van der Waals surface area contributed by atoms with Crippen LogP contribution >= 0.6 is 0 Å². The standard InChI is InChI=1S/C24H26N6O2/c1-4-17-14(6-10-20-19(17)13-25-28-20)12-22-27-23(29-30(22)2)15-5-9-18(21(11-15)32-3)24(31)26-16-7-8-16/h5-6,9-11,13,16H,4,7-8,12H2,1-3H3,(H,25,28)(H,26,31). The maximum absolute atomic E-state index is 12.5. The molecule has 8 nitrogen and oxygen atoms in total. The van der Waals surface area contributed by atoms with Crippen molar-refractivity contribution in [3.05, 3.63) is 59.0 Å². The molecule has 2 N–H and O–H groups in total. The molecule has 1 saturated carbocycles. The third kappa shape index (κ3) is 3.72. The zero-order chi connectivity index (χ0) is 22.2. The number of hydrogen-bond acceptors (Lipinski definition) is 5. The Labute approximate surface area is 186 Å². The van der Waals surface area contributed by atoms with E-state index in [1.807, 2.05) is 30.1 Å². The smallest absolute Gasteiger partial charge is 0.255 e. The van der Waals surface area contributed by atoms with Gasteiger partial charge in [0.2, 0.25) is 0 Å². The van der Waals surface area contributed by atoms with Crippen molar-refractivity contribution in [1.82, 2.24) is 30.3 Å². The van der Waals surface area contributed by atoms with Crippen LogP contribution in [0.5, 0.6) is 5.75 Å². The lowest BCUT2D eigenvalue weighted by molar-refractivity contribution is 0.0948. The van der Waals surface area contributed by atoms with Crippen molar-refractivity contribution < 1.29 is 9.53 Å². The van der Waals surface area contributed by atoms with Crippen LogP contribution in [0.1, 0.15) is 47.1 Å². The van der Waals surface area contributed by atoms with E-state index < -0.39 is 0 Å². The minimum absolute atomic E-state index is 0.104. The van der Waals surface area contributed by atoms with E-state index in [9.17, 15) is 4.79 Å². The number of fused-ring (bicyclic) bond motifs is 1. The van der Waals surface area contributed by atoms with E-state index >= 15 is 0 Å². The summed E-state index contributed by atoms with van der Waals surface area (Å²) in [5.74, 6) is 1.89. The van der Waals surface area contributed by atoms with Crippen LogP contribution in [-0.2, 0) is 19.9 Å². The number of carbonyl (C=O) groups is 1. The molecule has 1 aliphatic carbocycles. The zero-order valence-electron chi connectivity index (χ0n) is 18.5. The number of H-pyrrole nitrogens is 1. The Morgan fingerprint density at radius 1 is 1.28 bits per heavy atom. The molecule has 2 aromatic heterocycles. The Morgan fingerprint density at radius 3 is 2.88 bits per heavy atom. The number of aryl methyl sites for hydroxylation is 2. The first-order valence-corrected chi connectivity index (χ1v) is 10.9. The third-order valence-electron chi connectivity index (χ3n) is 6.01. The molecule has 0 unspecified atom stereocenters. The highest BCUT2D eigenvalue weighted by molar-refractivity contribution is 5.97. The van der Waals surface area contributed by atoms with Gasteiger partial charge in [0.15, 0.2) is 5.82 Å². The van der Waals surface area contributed by atoms with Crippen LogP contribution in [0.4, 0.5) is 0 Å². The summed E-state index contributed by atoms with van der Waals surface area (Å²) >= 11 is 0. The van der Waals surface area contributed by atoms with Gasteiger partial charge in [-0.15, -0.1) is 0 Å². The number of aromatic nitrogens is 5. The fourth-order valence-corrected chi connectivity index (χ4v) is 4.08. The molecule has 5 rings (SSSR count). The van der Waals surface area contributed by atoms with Crippen molar-refractivity contribution in [2.75, 3.05) is 7.11 Å². The summed E-state index contributed by atoms with van der Waals surface area (Å²) in [5, 5.41) is 16.0. The number of nitrogens with zero attached hydrogens (tertiary/aromatic N) is 4. The molecule has 8 heteroatoms. The normalized spacial score (nSPS) is 13.5. The van der Waals surface area contributed by atoms with Crippen molar-refractivity contribution in [3.63, 3.8) is 0 Å². The monoisotopic (exact) mass is 430 g/mol. The zero-order valence-corrected chi connectivity index (χ0v) is 18.5. The summed E-state index contributed by atoms with van der Waals surface area (Å²) in [6.45, 7) is 2.15. The Hall–Kier alpha value is -3.68. The summed E-state index contributed by atoms with van der Waals surface area (Å²) in [5.41, 5.74) is 4.87. The van der Waals surface area contributed by atoms with E-state index in [1.165, 1.54) is 11.1 Å². The summed E-state index contributed by atoms with van der Waals surface area (Å²) in [6, 6.07) is 9.97. The molecule has 1 amide bonds. The molecule has 0 saturated heterocycles. The van der Waals surface area contributed by atoms with Crippen LogP contribution in [0.25, 0.3) is 22.3 Å². The molecule has 1 fully saturated rings. The highest BCUT2D eigenvalue weighted by Gasteiger charge is 2.25. The quantitative estimate of drug-likeness (QED) is 0.468. The van der Waals surface area contributed by atoms with Gasteiger partial charge in [0, 0.05) is 30.5 Å². The number of amides is 1. The van der Waals surface area contributed by atoms with E-state index in [0.29, 0.717) is 29.6 Å². The first-order valence-electron chi connectivity index (χ1n) is 10.9. The van der Waals surface area contributed by atoms with Crippen LogP contribution in [0.15, 0.2) is 36.5 Å². The van der Waals surface area contributed by atoms with Crippen LogP contribution in [0.3, 0.4) is 0 Å². The van der Waals surface area contributed by atoms with Gasteiger partial charge in [0.1, 0.15) is 11.6 Å². The van der Waals surface area contributed by atoms with Gasteiger partial charge in [-0.05, 0) is 48.6 Å². The Morgan fingerprint density at radius 2 is 2.12 bits per heavy atom. The number of hydrogen-bond donors (Lipinski definition) is 2. The number of ether oxygens (including phenoxy) is 1.